The molecule has 0 bridgehead atoms. The first-order valence-corrected chi connectivity index (χ1v) is 8.15. The van der Waals surface area contributed by atoms with Gasteiger partial charge in [-0.15, -0.1) is 0 Å². The fraction of sp³-hybridized carbons (Fsp3) is 0.625. The van der Waals surface area contributed by atoms with Gasteiger partial charge in [-0.05, 0) is 25.0 Å². The van der Waals surface area contributed by atoms with E-state index in [1.807, 2.05) is 24.3 Å². The van der Waals surface area contributed by atoms with Crippen LogP contribution in [0, 0.1) is 5.41 Å². The van der Waals surface area contributed by atoms with Gasteiger partial charge in [0.1, 0.15) is 0 Å². The molecule has 1 aromatic carbocycles. The van der Waals surface area contributed by atoms with Crippen LogP contribution in [0.1, 0.15) is 39.5 Å². The Balaban J connectivity index is 2.74. The molecule has 0 spiro atoms. The summed E-state index contributed by atoms with van der Waals surface area (Å²) in [6.45, 7) is 5.20. The summed E-state index contributed by atoms with van der Waals surface area (Å²) in [6, 6.07) is 7.84. The standard InChI is InChI=1S/C16H25BrO2/c1-4-10-16(12-17,11-5-2)13-19-15-9-7-6-8-14(15)18-3/h6-9H,4-5,10-13H2,1-3H3. The number of halogens is 1. The van der Waals surface area contributed by atoms with Crippen molar-refractivity contribution >= 4 is 15.9 Å². The Bertz CT molecular complexity index is 360. The first-order chi connectivity index (χ1) is 9.21. The van der Waals surface area contributed by atoms with Crippen molar-refractivity contribution in [2.45, 2.75) is 39.5 Å². The molecular formula is C16H25BrO2. The average Bonchev–Trinajstić information content (AvgIpc) is 2.45. The third-order valence-electron chi connectivity index (χ3n) is 3.45. The number of para-hydroxylation sites is 2. The lowest BCUT2D eigenvalue weighted by Gasteiger charge is -2.31. The second-order valence-corrected chi connectivity index (χ2v) is 5.63. The molecule has 0 aromatic heterocycles. The maximum absolute atomic E-state index is 6.03. The van der Waals surface area contributed by atoms with Crippen LogP contribution in [0.25, 0.3) is 0 Å². The highest BCUT2D eigenvalue weighted by molar-refractivity contribution is 9.09. The normalized spacial score (nSPS) is 11.4. The Kier molecular flexibility index (Phi) is 7.29. The molecule has 0 aliphatic rings. The summed E-state index contributed by atoms with van der Waals surface area (Å²) in [6.07, 6.45) is 4.73. The molecule has 2 nitrogen and oxygen atoms in total. The van der Waals surface area contributed by atoms with Gasteiger partial charge in [-0.25, -0.2) is 0 Å². The van der Waals surface area contributed by atoms with Gasteiger partial charge in [0, 0.05) is 10.7 Å². The number of rotatable bonds is 9. The topological polar surface area (TPSA) is 18.5 Å². The number of hydrogen-bond donors (Lipinski definition) is 0. The van der Waals surface area contributed by atoms with Crippen molar-refractivity contribution in [1.82, 2.24) is 0 Å². The van der Waals surface area contributed by atoms with Gasteiger partial charge in [0.2, 0.25) is 0 Å². The Morgan fingerprint density at radius 3 is 2.11 bits per heavy atom. The molecular weight excluding hydrogens is 304 g/mol. The molecule has 0 radical (unpaired) electrons. The molecule has 0 saturated carbocycles. The van der Waals surface area contributed by atoms with Gasteiger partial charge in [0.15, 0.2) is 11.5 Å². The molecule has 0 amide bonds. The van der Waals surface area contributed by atoms with Crippen molar-refractivity contribution in [3.8, 4) is 11.5 Å². The van der Waals surface area contributed by atoms with Crippen molar-refractivity contribution in [3.63, 3.8) is 0 Å². The maximum Gasteiger partial charge on any atom is 0.161 e. The second-order valence-electron chi connectivity index (χ2n) is 5.07. The number of hydrogen-bond acceptors (Lipinski definition) is 2. The quantitative estimate of drug-likeness (QED) is 0.590. The number of methoxy groups -OCH3 is 1. The fourth-order valence-corrected chi connectivity index (χ4v) is 3.19. The highest BCUT2D eigenvalue weighted by Gasteiger charge is 2.28. The van der Waals surface area contributed by atoms with Crippen LogP contribution in [0.4, 0.5) is 0 Å². The first-order valence-electron chi connectivity index (χ1n) is 7.03. The van der Waals surface area contributed by atoms with Crippen LogP contribution in [-0.4, -0.2) is 19.0 Å². The van der Waals surface area contributed by atoms with Gasteiger partial charge >= 0.3 is 0 Å². The predicted molar refractivity (Wildman–Crippen MR) is 84.5 cm³/mol. The molecule has 0 fully saturated rings. The van der Waals surface area contributed by atoms with E-state index < -0.39 is 0 Å². The molecule has 0 heterocycles. The van der Waals surface area contributed by atoms with Crippen LogP contribution < -0.4 is 9.47 Å². The number of benzene rings is 1. The van der Waals surface area contributed by atoms with E-state index in [0.717, 1.165) is 23.4 Å². The minimum Gasteiger partial charge on any atom is -0.493 e. The van der Waals surface area contributed by atoms with Gasteiger partial charge < -0.3 is 9.47 Å². The average molecular weight is 329 g/mol. The summed E-state index contributed by atoms with van der Waals surface area (Å²) >= 11 is 3.67. The third-order valence-corrected chi connectivity index (χ3v) is 4.64. The van der Waals surface area contributed by atoms with Crippen LogP contribution in [0.3, 0.4) is 0 Å². The molecule has 0 aliphatic heterocycles. The van der Waals surface area contributed by atoms with Crippen molar-refractivity contribution < 1.29 is 9.47 Å². The van der Waals surface area contributed by atoms with Crippen molar-refractivity contribution in [2.75, 3.05) is 19.0 Å². The molecule has 0 unspecified atom stereocenters. The Hall–Kier alpha value is -0.700. The molecule has 108 valence electrons. The Labute approximate surface area is 125 Å². The molecule has 0 N–H and O–H groups in total. The molecule has 0 saturated heterocycles. The third kappa shape index (κ3) is 4.72. The zero-order valence-electron chi connectivity index (χ0n) is 12.2. The van der Waals surface area contributed by atoms with Crippen LogP contribution in [0.5, 0.6) is 11.5 Å². The molecule has 0 atom stereocenters. The van der Waals surface area contributed by atoms with Crippen molar-refractivity contribution in [3.05, 3.63) is 24.3 Å². The highest BCUT2D eigenvalue weighted by atomic mass is 79.9. The summed E-state index contributed by atoms with van der Waals surface area (Å²) in [5.74, 6) is 1.64. The first kappa shape index (κ1) is 16.4. The van der Waals surface area contributed by atoms with Crippen molar-refractivity contribution in [1.29, 1.82) is 0 Å². The summed E-state index contributed by atoms with van der Waals surface area (Å²) in [5, 5.41) is 0.983. The molecule has 3 heteroatoms. The molecule has 0 aliphatic carbocycles. The minimum absolute atomic E-state index is 0.227. The van der Waals surface area contributed by atoms with E-state index in [1.165, 1.54) is 25.7 Å². The number of ether oxygens (including phenoxy) is 2. The van der Waals surface area contributed by atoms with Crippen LogP contribution in [0.2, 0.25) is 0 Å². The highest BCUT2D eigenvalue weighted by Crippen LogP contribution is 2.35. The van der Waals surface area contributed by atoms with Gasteiger partial charge in [-0.1, -0.05) is 54.8 Å². The zero-order valence-corrected chi connectivity index (χ0v) is 13.8. The van der Waals surface area contributed by atoms with E-state index in [0.29, 0.717) is 0 Å². The lowest BCUT2D eigenvalue weighted by atomic mass is 9.82. The monoisotopic (exact) mass is 328 g/mol. The maximum atomic E-state index is 6.03. The minimum atomic E-state index is 0.227. The predicted octanol–water partition coefficient (Wildman–Crippen LogP) is 5.06. The molecule has 1 aromatic rings. The van der Waals surface area contributed by atoms with Crippen molar-refractivity contribution in [2.24, 2.45) is 5.41 Å². The summed E-state index contributed by atoms with van der Waals surface area (Å²) < 4.78 is 11.4. The largest absolute Gasteiger partial charge is 0.493 e. The van der Waals surface area contributed by atoms with E-state index in [1.54, 1.807) is 7.11 Å². The van der Waals surface area contributed by atoms with E-state index in [4.69, 9.17) is 9.47 Å². The van der Waals surface area contributed by atoms with Crippen LogP contribution >= 0.6 is 15.9 Å². The fourth-order valence-electron chi connectivity index (χ4n) is 2.47. The summed E-state index contributed by atoms with van der Waals surface area (Å²) in [5.41, 5.74) is 0.227. The van der Waals surface area contributed by atoms with Gasteiger partial charge in [-0.2, -0.15) is 0 Å². The Morgan fingerprint density at radius 2 is 1.63 bits per heavy atom. The van der Waals surface area contributed by atoms with E-state index in [9.17, 15) is 0 Å². The lowest BCUT2D eigenvalue weighted by molar-refractivity contribution is 0.141. The molecule has 1 rings (SSSR count). The Morgan fingerprint density at radius 1 is 1.05 bits per heavy atom. The van der Waals surface area contributed by atoms with Crippen LogP contribution in [-0.2, 0) is 0 Å². The lowest BCUT2D eigenvalue weighted by Crippen LogP contribution is -2.30. The summed E-state index contributed by atoms with van der Waals surface area (Å²) in [4.78, 5) is 0. The second kappa shape index (κ2) is 8.47. The van der Waals surface area contributed by atoms with Crippen LogP contribution in [0.15, 0.2) is 24.3 Å². The van der Waals surface area contributed by atoms with E-state index >= 15 is 0 Å². The van der Waals surface area contributed by atoms with E-state index in [2.05, 4.69) is 29.8 Å². The SMILES string of the molecule is CCCC(CBr)(CCC)COc1ccccc1OC. The smallest absolute Gasteiger partial charge is 0.161 e. The zero-order chi connectivity index (χ0) is 14.1. The van der Waals surface area contributed by atoms with Gasteiger partial charge in [-0.3, -0.25) is 0 Å². The van der Waals surface area contributed by atoms with Gasteiger partial charge in [0.25, 0.3) is 0 Å². The van der Waals surface area contributed by atoms with E-state index in [-0.39, 0.29) is 5.41 Å². The summed E-state index contributed by atoms with van der Waals surface area (Å²) in [7, 11) is 1.68. The number of alkyl halides is 1. The van der Waals surface area contributed by atoms with Gasteiger partial charge in [0.05, 0.1) is 13.7 Å². The molecule has 19 heavy (non-hydrogen) atoms.